The predicted molar refractivity (Wildman–Crippen MR) is 117 cm³/mol. The fraction of sp³-hybridized carbons (Fsp3) is 0.458. The molecule has 0 radical (unpaired) electrons. The Balaban J connectivity index is 1.59. The van der Waals surface area contributed by atoms with Crippen LogP contribution in [0.3, 0.4) is 0 Å². The van der Waals surface area contributed by atoms with E-state index in [1.165, 1.54) is 4.68 Å². The quantitative estimate of drug-likeness (QED) is 0.561. The topological polar surface area (TPSA) is 56.0 Å². The van der Waals surface area contributed by atoms with Crippen LogP contribution in [0.5, 0.6) is 0 Å². The summed E-state index contributed by atoms with van der Waals surface area (Å²) in [6.45, 7) is 4.05. The highest BCUT2D eigenvalue weighted by Gasteiger charge is 2.44. The van der Waals surface area contributed by atoms with Gasteiger partial charge in [0.25, 0.3) is 5.91 Å². The van der Waals surface area contributed by atoms with Gasteiger partial charge in [0.1, 0.15) is 0 Å². The lowest BCUT2D eigenvalue weighted by molar-refractivity contribution is -0.141. The maximum absolute atomic E-state index is 13.5. The second-order valence-corrected chi connectivity index (χ2v) is 8.95. The van der Waals surface area contributed by atoms with Crippen molar-refractivity contribution in [3.63, 3.8) is 0 Å². The lowest BCUT2D eigenvalue weighted by atomic mass is 9.81. The third-order valence-corrected chi connectivity index (χ3v) is 6.79. The van der Waals surface area contributed by atoms with Crippen molar-refractivity contribution in [3.8, 4) is 11.4 Å². The Morgan fingerprint density at radius 3 is 2.67 bits per heavy atom. The Morgan fingerprint density at radius 2 is 1.97 bits per heavy atom. The summed E-state index contributed by atoms with van der Waals surface area (Å²) in [6.07, 6.45) is -1.30. The number of aryl methyl sites for hydroxylation is 3. The summed E-state index contributed by atoms with van der Waals surface area (Å²) in [4.78, 5) is 15.5. The van der Waals surface area contributed by atoms with Gasteiger partial charge in [-0.05, 0) is 57.7 Å². The molecule has 33 heavy (non-hydrogen) atoms. The van der Waals surface area contributed by atoms with E-state index in [9.17, 15) is 18.0 Å². The van der Waals surface area contributed by atoms with Crippen LogP contribution in [0, 0.1) is 6.92 Å². The molecule has 5 rings (SSSR count). The molecule has 2 bridgehead atoms. The van der Waals surface area contributed by atoms with Gasteiger partial charge in [0, 0.05) is 30.8 Å². The van der Waals surface area contributed by atoms with E-state index in [-0.39, 0.29) is 18.0 Å². The normalized spacial score (nSPS) is 20.1. The molecule has 3 aromatic rings. The largest absolute Gasteiger partial charge is 0.435 e. The summed E-state index contributed by atoms with van der Waals surface area (Å²) in [5.41, 5.74) is 3.58. The van der Waals surface area contributed by atoms with Gasteiger partial charge >= 0.3 is 6.18 Å². The molecule has 0 saturated carbocycles. The third-order valence-electron chi connectivity index (χ3n) is 6.79. The Labute approximate surface area is 190 Å². The molecule has 1 amide bonds. The number of carbonyl (C=O) groups excluding carboxylic acids is 1. The molecule has 2 unspecified atom stereocenters. The smallest absolute Gasteiger partial charge is 0.327 e. The molecule has 9 heteroatoms. The molecule has 2 atom stereocenters. The first-order valence-electron chi connectivity index (χ1n) is 11.3. The number of hydrogen-bond donors (Lipinski definition) is 0. The minimum Gasteiger partial charge on any atom is -0.327 e. The number of rotatable bonds is 3. The summed E-state index contributed by atoms with van der Waals surface area (Å²) in [6, 6.07) is 8.51. The van der Waals surface area contributed by atoms with E-state index < -0.39 is 11.9 Å². The zero-order valence-corrected chi connectivity index (χ0v) is 18.9. The summed E-state index contributed by atoms with van der Waals surface area (Å²) >= 11 is 0. The molecule has 0 spiro atoms. The number of fused-ring (bicyclic) bond motifs is 4. The van der Waals surface area contributed by atoms with Crippen LogP contribution in [0.2, 0.25) is 0 Å². The van der Waals surface area contributed by atoms with Gasteiger partial charge in [-0.1, -0.05) is 17.7 Å². The minimum absolute atomic E-state index is 0.00713. The van der Waals surface area contributed by atoms with Crippen LogP contribution >= 0.6 is 0 Å². The van der Waals surface area contributed by atoms with E-state index in [1.807, 2.05) is 36.1 Å². The fourth-order valence-corrected chi connectivity index (χ4v) is 5.38. The van der Waals surface area contributed by atoms with Crippen molar-refractivity contribution >= 4 is 5.91 Å². The molecule has 6 nitrogen and oxygen atoms in total. The van der Waals surface area contributed by atoms with E-state index in [0.717, 1.165) is 42.1 Å². The van der Waals surface area contributed by atoms with E-state index in [4.69, 9.17) is 5.10 Å². The molecule has 1 aromatic carbocycles. The van der Waals surface area contributed by atoms with Crippen molar-refractivity contribution in [2.45, 2.75) is 64.3 Å². The van der Waals surface area contributed by atoms with E-state index in [1.54, 1.807) is 18.7 Å². The number of amides is 1. The summed E-state index contributed by atoms with van der Waals surface area (Å²) < 4.78 is 43.2. The van der Waals surface area contributed by atoms with Crippen LogP contribution < -0.4 is 0 Å². The number of hydrogen-bond acceptors (Lipinski definition) is 3. The van der Waals surface area contributed by atoms with Gasteiger partial charge in [-0.15, -0.1) is 0 Å². The summed E-state index contributed by atoms with van der Waals surface area (Å²) in [5, 5.41) is 8.53. The van der Waals surface area contributed by atoms with Crippen LogP contribution in [-0.2, 0) is 26.2 Å². The van der Waals surface area contributed by atoms with Crippen LogP contribution in [-0.4, -0.2) is 36.4 Å². The van der Waals surface area contributed by atoms with Gasteiger partial charge in [-0.2, -0.15) is 23.4 Å². The van der Waals surface area contributed by atoms with Crippen molar-refractivity contribution in [2.75, 3.05) is 0 Å². The molecular formula is C24H26F3N5O. The predicted octanol–water partition coefficient (Wildman–Crippen LogP) is 4.92. The van der Waals surface area contributed by atoms with Crippen LogP contribution in [0.25, 0.3) is 11.4 Å². The molecule has 2 aliphatic heterocycles. The Morgan fingerprint density at radius 1 is 1.18 bits per heavy atom. The molecule has 2 aromatic heterocycles. The van der Waals surface area contributed by atoms with E-state index in [0.29, 0.717) is 29.9 Å². The number of piperidine rings is 1. The Bertz CT molecular complexity index is 1230. The van der Waals surface area contributed by atoms with Crippen molar-refractivity contribution in [1.29, 1.82) is 0 Å². The molecule has 0 aliphatic carbocycles. The fourth-order valence-electron chi connectivity index (χ4n) is 5.38. The van der Waals surface area contributed by atoms with Gasteiger partial charge in [0.05, 0.1) is 23.1 Å². The van der Waals surface area contributed by atoms with Gasteiger partial charge in [-0.25, -0.2) is 0 Å². The summed E-state index contributed by atoms with van der Waals surface area (Å²) in [7, 11) is 1.75. The van der Waals surface area contributed by atoms with Crippen molar-refractivity contribution in [1.82, 2.24) is 24.5 Å². The van der Waals surface area contributed by atoms with Crippen molar-refractivity contribution < 1.29 is 18.0 Å². The van der Waals surface area contributed by atoms with E-state index >= 15 is 0 Å². The van der Waals surface area contributed by atoms with Gasteiger partial charge < -0.3 is 4.90 Å². The number of alkyl halides is 3. The van der Waals surface area contributed by atoms with Gasteiger partial charge in [0.2, 0.25) is 0 Å². The second kappa shape index (κ2) is 7.74. The zero-order chi connectivity index (χ0) is 23.5. The van der Waals surface area contributed by atoms with Gasteiger partial charge in [-0.3, -0.25) is 14.2 Å². The number of carbonyl (C=O) groups is 1. The monoisotopic (exact) mass is 457 g/mol. The Hall–Kier alpha value is -3.10. The number of nitrogens with zero attached hydrogens (tertiary/aromatic N) is 5. The average Bonchev–Trinajstić information content (AvgIpc) is 3.33. The number of aromatic nitrogens is 4. The minimum atomic E-state index is -4.51. The molecule has 2 aliphatic rings. The van der Waals surface area contributed by atoms with Crippen LogP contribution in [0.4, 0.5) is 13.2 Å². The second-order valence-electron chi connectivity index (χ2n) is 8.95. The molecule has 0 N–H and O–H groups in total. The lowest BCUT2D eigenvalue weighted by Crippen LogP contribution is -2.49. The molecular weight excluding hydrogens is 431 g/mol. The number of benzene rings is 1. The molecule has 1 fully saturated rings. The highest BCUT2D eigenvalue weighted by molar-refractivity contribution is 5.95. The first-order chi connectivity index (χ1) is 15.7. The highest BCUT2D eigenvalue weighted by atomic mass is 19.4. The maximum Gasteiger partial charge on any atom is 0.435 e. The lowest BCUT2D eigenvalue weighted by Gasteiger charge is -2.45. The molecule has 1 saturated heterocycles. The van der Waals surface area contributed by atoms with E-state index in [2.05, 4.69) is 5.10 Å². The standard InChI is InChI=1S/C24H26F3N5O/c1-4-31-19(13-20(28-31)24(25,26)27)22-17-12-16-9-6-10-18(21(17)29-30(22)3)32(16)23(33)15-8-5-7-14(2)11-15/h5,7-8,11,13,16,18H,4,6,9-10,12H2,1-3H3. The first-order valence-corrected chi connectivity index (χ1v) is 11.3. The number of halogens is 3. The SMILES string of the molecule is CCn1nc(C(F)(F)F)cc1-c1c2c(nn1C)C1CCCC(C2)N1C(=O)c1cccc(C)c1. The molecule has 4 heterocycles. The van der Waals surface area contributed by atoms with Crippen LogP contribution in [0.1, 0.15) is 65.1 Å². The maximum atomic E-state index is 13.5. The highest BCUT2D eigenvalue weighted by Crippen LogP contribution is 2.45. The van der Waals surface area contributed by atoms with Crippen LogP contribution in [0.15, 0.2) is 30.3 Å². The Kier molecular flexibility index (Phi) is 5.10. The van der Waals surface area contributed by atoms with Gasteiger partial charge in [0.15, 0.2) is 5.69 Å². The third kappa shape index (κ3) is 3.54. The summed E-state index contributed by atoms with van der Waals surface area (Å²) in [5.74, 6) is -0.00999. The average molecular weight is 458 g/mol. The molecule has 174 valence electrons. The first kappa shape index (κ1) is 21.7. The van der Waals surface area contributed by atoms with Crippen molar-refractivity contribution in [3.05, 3.63) is 58.4 Å². The van der Waals surface area contributed by atoms with Crippen molar-refractivity contribution in [2.24, 2.45) is 7.05 Å². The zero-order valence-electron chi connectivity index (χ0n) is 18.9.